The minimum absolute atomic E-state index is 0.142. The fourth-order valence-corrected chi connectivity index (χ4v) is 3.53. The highest BCUT2D eigenvalue weighted by Crippen LogP contribution is 2.19. The summed E-state index contributed by atoms with van der Waals surface area (Å²) in [6, 6.07) is 18.6. The van der Waals surface area contributed by atoms with Crippen LogP contribution < -0.4 is 5.32 Å². The van der Waals surface area contributed by atoms with Crippen molar-refractivity contribution in [3.8, 4) is 0 Å². The lowest BCUT2D eigenvalue weighted by Gasteiger charge is -2.05. The highest BCUT2D eigenvalue weighted by molar-refractivity contribution is 7.99. The van der Waals surface area contributed by atoms with Gasteiger partial charge in [-0.05, 0) is 36.6 Å². The van der Waals surface area contributed by atoms with Gasteiger partial charge >= 0.3 is 0 Å². The van der Waals surface area contributed by atoms with Gasteiger partial charge in [-0.1, -0.05) is 36.4 Å². The number of hydrogen-bond donors (Lipinski definition) is 2. The molecule has 3 rings (SSSR count). The summed E-state index contributed by atoms with van der Waals surface area (Å²) in [5, 5.41) is 4.26. The maximum atomic E-state index is 11.9. The monoisotopic (exact) mass is 338 g/mol. The van der Waals surface area contributed by atoms with Gasteiger partial charge in [-0.15, -0.1) is 11.8 Å². The summed E-state index contributed by atoms with van der Waals surface area (Å²) in [6.45, 7) is 0.714. The van der Waals surface area contributed by atoms with Gasteiger partial charge in [0.25, 0.3) is 0 Å². The number of para-hydroxylation sites is 1. The first kappa shape index (κ1) is 16.7. The molecule has 0 fully saturated rings. The molecule has 2 aromatic carbocycles. The Hall–Kier alpha value is -2.20. The molecule has 24 heavy (non-hydrogen) atoms. The SMILES string of the molecule is O=C(CCCc1c[nH]c2ccccc12)NCCSc1ccccc1. The first-order chi connectivity index (χ1) is 11.8. The summed E-state index contributed by atoms with van der Waals surface area (Å²) < 4.78 is 0. The Bertz CT molecular complexity index is 782. The molecule has 0 aliphatic heterocycles. The number of carbonyl (C=O) groups is 1. The molecule has 2 N–H and O–H groups in total. The normalized spacial score (nSPS) is 10.8. The molecule has 0 aliphatic rings. The Kier molecular flexibility index (Phi) is 5.96. The van der Waals surface area contributed by atoms with E-state index in [1.165, 1.54) is 15.8 Å². The summed E-state index contributed by atoms with van der Waals surface area (Å²) in [7, 11) is 0. The Morgan fingerprint density at radius 1 is 1.04 bits per heavy atom. The predicted molar refractivity (Wildman–Crippen MR) is 101 cm³/mol. The van der Waals surface area contributed by atoms with Gasteiger partial charge in [0.1, 0.15) is 0 Å². The molecule has 3 nitrogen and oxygen atoms in total. The molecule has 0 unspecified atom stereocenters. The van der Waals surface area contributed by atoms with E-state index in [1.54, 1.807) is 11.8 Å². The summed E-state index contributed by atoms with van der Waals surface area (Å²) >= 11 is 1.77. The van der Waals surface area contributed by atoms with E-state index in [9.17, 15) is 4.79 Å². The van der Waals surface area contributed by atoms with Crippen molar-refractivity contribution in [2.45, 2.75) is 24.2 Å². The highest BCUT2D eigenvalue weighted by atomic mass is 32.2. The molecule has 1 aromatic heterocycles. The topological polar surface area (TPSA) is 44.9 Å². The van der Waals surface area contributed by atoms with E-state index in [2.05, 4.69) is 46.8 Å². The third-order valence-electron chi connectivity index (χ3n) is 3.96. The molecule has 0 radical (unpaired) electrons. The van der Waals surface area contributed by atoms with E-state index >= 15 is 0 Å². The van der Waals surface area contributed by atoms with E-state index in [0.717, 1.165) is 24.1 Å². The molecule has 3 aromatic rings. The van der Waals surface area contributed by atoms with E-state index < -0.39 is 0 Å². The summed E-state index contributed by atoms with van der Waals surface area (Å²) in [5.74, 6) is 1.04. The largest absolute Gasteiger partial charge is 0.361 e. The first-order valence-corrected chi connectivity index (χ1v) is 9.31. The fraction of sp³-hybridized carbons (Fsp3) is 0.250. The molecule has 0 atom stereocenters. The van der Waals surface area contributed by atoms with Crippen LogP contribution in [-0.2, 0) is 11.2 Å². The van der Waals surface area contributed by atoms with Crippen molar-refractivity contribution in [3.63, 3.8) is 0 Å². The zero-order valence-corrected chi connectivity index (χ0v) is 14.4. The Morgan fingerprint density at radius 2 is 1.83 bits per heavy atom. The van der Waals surface area contributed by atoms with Gasteiger partial charge < -0.3 is 10.3 Å². The quantitative estimate of drug-likeness (QED) is 0.472. The minimum Gasteiger partial charge on any atom is -0.361 e. The number of carbonyl (C=O) groups excluding carboxylic acids is 1. The molecule has 0 spiro atoms. The lowest BCUT2D eigenvalue weighted by atomic mass is 10.1. The zero-order chi connectivity index (χ0) is 16.6. The predicted octanol–water partition coefficient (Wildman–Crippen LogP) is 4.40. The van der Waals surface area contributed by atoms with Gasteiger partial charge in [-0.2, -0.15) is 0 Å². The van der Waals surface area contributed by atoms with Crippen LogP contribution in [0, 0.1) is 0 Å². The van der Waals surface area contributed by atoms with Crippen molar-refractivity contribution in [2.24, 2.45) is 0 Å². The summed E-state index contributed by atoms with van der Waals surface area (Å²) in [4.78, 5) is 16.4. The Labute approximate surface area is 146 Å². The lowest BCUT2D eigenvalue weighted by molar-refractivity contribution is -0.121. The summed E-state index contributed by atoms with van der Waals surface area (Å²) in [6.07, 6.45) is 4.43. The third kappa shape index (κ3) is 4.65. The number of fused-ring (bicyclic) bond motifs is 1. The average Bonchev–Trinajstić information content (AvgIpc) is 3.03. The number of aromatic amines is 1. The van der Waals surface area contributed by atoms with Crippen LogP contribution in [0.5, 0.6) is 0 Å². The second kappa shape index (κ2) is 8.60. The smallest absolute Gasteiger partial charge is 0.220 e. The molecule has 0 saturated carbocycles. The molecule has 0 aliphatic carbocycles. The molecule has 0 saturated heterocycles. The summed E-state index contributed by atoms with van der Waals surface area (Å²) in [5.41, 5.74) is 2.45. The average molecular weight is 338 g/mol. The number of H-pyrrole nitrogens is 1. The van der Waals surface area contributed by atoms with Crippen LogP contribution >= 0.6 is 11.8 Å². The van der Waals surface area contributed by atoms with Crippen molar-refractivity contribution in [1.29, 1.82) is 0 Å². The minimum atomic E-state index is 0.142. The maximum Gasteiger partial charge on any atom is 0.220 e. The molecule has 124 valence electrons. The van der Waals surface area contributed by atoms with Crippen LogP contribution in [0.15, 0.2) is 65.7 Å². The number of amides is 1. The van der Waals surface area contributed by atoms with E-state index in [0.29, 0.717) is 13.0 Å². The second-order valence-electron chi connectivity index (χ2n) is 5.72. The maximum absolute atomic E-state index is 11.9. The van der Waals surface area contributed by atoms with Gasteiger partial charge in [0.05, 0.1) is 0 Å². The van der Waals surface area contributed by atoms with Crippen molar-refractivity contribution >= 4 is 28.6 Å². The first-order valence-electron chi connectivity index (χ1n) is 8.32. The number of aromatic nitrogens is 1. The van der Waals surface area contributed by atoms with E-state index in [1.807, 2.05) is 24.3 Å². The number of benzene rings is 2. The number of aryl methyl sites for hydroxylation is 1. The number of nitrogens with one attached hydrogen (secondary N) is 2. The lowest BCUT2D eigenvalue weighted by Crippen LogP contribution is -2.25. The van der Waals surface area contributed by atoms with E-state index in [4.69, 9.17) is 0 Å². The molecule has 4 heteroatoms. The van der Waals surface area contributed by atoms with Crippen molar-refractivity contribution in [2.75, 3.05) is 12.3 Å². The van der Waals surface area contributed by atoms with Crippen LogP contribution in [0.2, 0.25) is 0 Å². The van der Waals surface area contributed by atoms with Gasteiger partial charge in [0.15, 0.2) is 0 Å². The van der Waals surface area contributed by atoms with Gasteiger partial charge in [0, 0.05) is 40.7 Å². The van der Waals surface area contributed by atoms with Crippen LogP contribution in [-0.4, -0.2) is 23.2 Å². The Balaban J connectivity index is 1.34. The fourth-order valence-electron chi connectivity index (χ4n) is 2.74. The van der Waals surface area contributed by atoms with E-state index in [-0.39, 0.29) is 5.91 Å². The molecular weight excluding hydrogens is 316 g/mol. The number of hydrogen-bond acceptors (Lipinski definition) is 2. The molecule has 1 heterocycles. The molecule has 0 bridgehead atoms. The van der Waals surface area contributed by atoms with Crippen molar-refractivity contribution < 1.29 is 4.79 Å². The molecule has 1 amide bonds. The van der Waals surface area contributed by atoms with Crippen LogP contribution in [0.4, 0.5) is 0 Å². The standard InChI is InChI=1S/C20H22N2OS/c23-20(21-13-14-24-17-8-2-1-3-9-17)12-6-7-16-15-22-19-11-5-4-10-18(16)19/h1-5,8-11,15,22H,6-7,12-14H2,(H,21,23). The second-order valence-corrected chi connectivity index (χ2v) is 6.89. The van der Waals surface area contributed by atoms with Crippen LogP contribution in [0.1, 0.15) is 18.4 Å². The number of rotatable bonds is 8. The zero-order valence-electron chi connectivity index (χ0n) is 13.6. The van der Waals surface area contributed by atoms with Gasteiger partial charge in [-0.3, -0.25) is 4.79 Å². The van der Waals surface area contributed by atoms with Crippen LogP contribution in [0.3, 0.4) is 0 Å². The van der Waals surface area contributed by atoms with Crippen molar-refractivity contribution in [3.05, 3.63) is 66.4 Å². The third-order valence-corrected chi connectivity index (χ3v) is 4.97. The Morgan fingerprint density at radius 3 is 2.71 bits per heavy atom. The van der Waals surface area contributed by atoms with Crippen molar-refractivity contribution in [1.82, 2.24) is 10.3 Å². The van der Waals surface area contributed by atoms with Crippen LogP contribution in [0.25, 0.3) is 10.9 Å². The molecular formula is C20H22N2OS. The van der Waals surface area contributed by atoms with Gasteiger partial charge in [-0.25, -0.2) is 0 Å². The number of thioether (sulfide) groups is 1. The van der Waals surface area contributed by atoms with Gasteiger partial charge in [0.2, 0.25) is 5.91 Å². The highest BCUT2D eigenvalue weighted by Gasteiger charge is 2.05.